The normalized spacial score (nSPS) is 32.0. The van der Waals surface area contributed by atoms with Crippen molar-refractivity contribution in [2.45, 2.75) is 24.7 Å². The number of benzene rings is 1. The van der Waals surface area contributed by atoms with Crippen LogP contribution in [0.25, 0.3) is 0 Å². The van der Waals surface area contributed by atoms with Gasteiger partial charge in [-0.05, 0) is 24.0 Å². The van der Waals surface area contributed by atoms with Crippen molar-refractivity contribution in [1.82, 2.24) is 10.2 Å². The molecule has 0 aromatic heterocycles. The highest BCUT2D eigenvalue weighted by atomic mass is 19.1. The number of anilines is 1. The molecule has 2 aliphatic heterocycles. The lowest BCUT2D eigenvalue weighted by Crippen LogP contribution is -2.43. The molecule has 134 valence electrons. The van der Waals surface area contributed by atoms with E-state index in [1.165, 1.54) is 4.90 Å². The van der Waals surface area contributed by atoms with Gasteiger partial charge in [-0.2, -0.15) is 10.5 Å². The Morgan fingerprint density at radius 3 is 2.65 bits per heavy atom. The second kappa shape index (κ2) is 6.59. The summed E-state index contributed by atoms with van der Waals surface area (Å²) >= 11 is 0. The van der Waals surface area contributed by atoms with E-state index in [9.17, 15) is 14.4 Å². The molecule has 1 aliphatic carbocycles. The number of likely N-dealkylation sites (tertiary alicyclic amines) is 1. The summed E-state index contributed by atoms with van der Waals surface area (Å²) in [5, 5.41) is 21.6. The first-order valence-corrected chi connectivity index (χ1v) is 8.93. The number of rotatable bonds is 4. The largest absolute Gasteiger partial charge is 0.370 e. The number of piperidine rings is 1. The zero-order valence-corrected chi connectivity index (χ0v) is 14.3. The Morgan fingerprint density at radius 2 is 1.96 bits per heavy atom. The smallest absolute Gasteiger partial charge is 0.237 e. The quantitative estimate of drug-likeness (QED) is 0.875. The molecule has 2 saturated heterocycles. The fourth-order valence-corrected chi connectivity index (χ4v) is 4.36. The van der Waals surface area contributed by atoms with Crippen molar-refractivity contribution in [1.29, 1.82) is 10.5 Å². The van der Waals surface area contributed by atoms with Crippen LogP contribution in [0.2, 0.25) is 0 Å². The Labute approximate surface area is 151 Å². The Kier molecular flexibility index (Phi) is 4.26. The van der Waals surface area contributed by atoms with Gasteiger partial charge in [-0.15, -0.1) is 0 Å². The van der Waals surface area contributed by atoms with E-state index in [-0.39, 0.29) is 31.5 Å². The third kappa shape index (κ3) is 2.89. The molecule has 1 amide bonds. The van der Waals surface area contributed by atoms with E-state index in [0.717, 1.165) is 18.8 Å². The predicted molar refractivity (Wildman–Crippen MR) is 92.8 cm³/mol. The van der Waals surface area contributed by atoms with Crippen molar-refractivity contribution in [3.63, 3.8) is 0 Å². The number of carbonyl (C=O) groups is 1. The Morgan fingerprint density at radius 1 is 1.23 bits per heavy atom. The molecule has 0 radical (unpaired) electrons. The topological polar surface area (TPSA) is 83.2 Å². The maximum atomic E-state index is 13.4. The van der Waals surface area contributed by atoms with Crippen molar-refractivity contribution in [2.24, 2.45) is 11.8 Å². The van der Waals surface area contributed by atoms with Crippen LogP contribution in [-0.2, 0) is 4.79 Å². The minimum atomic E-state index is -1.10. The van der Waals surface area contributed by atoms with Gasteiger partial charge in [-0.25, -0.2) is 4.39 Å². The number of hydrogen-bond acceptors (Lipinski definition) is 5. The SMILES string of the molecule is N#Cc1ccccc1N1C[C@@H]2C(NCC(=O)N3C[C@@H](F)C[C@H]3C#N)[C@@H]2C1. The molecule has 3 fully saturated rings. The van der Waals surface area contributed by atoms with Gasteiger partial charge in [-0.1, -0.05) is 12.1 Å². The highest BCUT2D eigenvalue weighted by Gasteiger charge is 2.56. The Balaban J connectivity index is 1.28. The van der Waals surface area contributed by atoms with Crippen LogP contribution >= 0.6 is 0 Å². The van der Waals surface area contributed by atoms with Gasteiger partial charge in [-0.3, -0.25) is 4.79 Å². The molecule has 0 bridgehead atoms. The summed E-state index contributed by atoms with van der Waals surface area (Å²) in [5.41, 5.74) is 1.66. The van der Waals surface area contributed by atoms with Crippen molar-refractivity contribution in [2.75, 3.05) is 31.1 Å². The van der Waals surface area contributed by atoms with E-state index in [2.05, 4.69) is 16.3 Å². The summed E-state index contributed by atoms with van der Waals surface area (Å²) < 4.78 is 13.4. The maximum Gasteiger partial charge on any atom is 0.237 e. The number of nitrogens with one attached hydrogen (secondary N) is 1. The molecule has 6 nitrogen and oxygen atoms in total. The standard InChI is InChI=1S/C19H20FN5O/c20-13-5-14(7-22)25(9-13)18(26)8-23-19-15-10-24(11-16(15)19)17-4-2-1-3-12(17)6-21/h1-4,13-16,19,23H,5,8-11H2/t13-,14-,15-,16+,19?/m0/s1. The van der Waals surface area contributed by atoms with Crippen molar-refractivity contribution in [3.05, 3.63) is 29.8 Å². The van der Waals surface area contributed by atoms with E-state index < -0.39 is 12.2 Å². The number of carbonyl (C=O) groups excluding carboxylic acids is 1. The van der Waals surface area contributed by atoms with Crippen molar-refractivity contribution >= 4 is 11.6 Å². The number of amides is 1. The van der Waals surface area contributed by atoms with E-state index in [1.807, 2.05) is 30.3 Å². The van der Waals surface area contributed by atoms with E-state index in [0.29, 0.717) is 17.4 Å². The average Bonchev–Trinajstić information content (AvgIpc) is 3.00. The maximum absolute atomic E-state index is 13.4. The second-order valence-corrected chi connectivity index (χ2v) is 7.29. The van der Waals surface area contributed by atoms with Gasteiger partial charge in [0.1, 0.15) is 18.3 Å². The first-order chi connectivity index (χ1) is 12.6. The summed E-state index contributed by atoms with van der Waals surface area (Å²) in [6.45, 7) is 1.91. The van der Waals surface area contributed by atoms with Gasteiger partial charge >= 0.3 is 0 Å². The van der Waals surface area contributed by atoms with Crippen LogP contribution in [0.5, 0.6) is 0 Å². The lowest BCUT2D eigenvalue weighted by Gasteiger charge is -2.24. The minimum absolute atomic E-state index is 0.0228. The van der Waals surface area contributed by atoms with Crippen LogP contribution in [0.1, 0.15) is 12.0 Å². The zero-order valence-electron chi connectivity index (χ0n) is 14.3. The third-order valence-electron chi connectivity index (χ3n) is 5.77. The summed E-state index contributed by atoms with van der Waals surface area (Å²) in [6, 6.07) is 11.5. The summed E-state index contributed by atoms with van der Waals surface area (Å²) in [5.74, 6) is 0.732. The molecule has 1 aromatic carbocycles. The highest BCUT2D eigenvalue weighted by Crippen LogP contribution is 2.47. The molecule has 1 aromatic rings. The van der Waals surface area contributed by atoms with Gasteiger partial charge in [0.2, 0.25) is 5.91 Å². The second-order valence-electron chi connectivity index (χ2n) is 7.29. The molecule has 1 saturated carbocycles. The highest BCUT2D eigenvalue weighted by molar-refractivity contribution is 5.79. The van der Waals surface area contributed by atoms with Crippen LogP contribution in [0.15, 0.2) is 24.3 Å². The number of para-hydroxylation sites is 1. The van der Waals surface area contributed by atoms with Crippen LogP contribution in [-0.4, -0.2) is 55.2 Å². The number of alkyl halides is 1. The van der Waals surface area contributed by atoms with Crippen molar-refractivity contribution in [3.8, 4) is 12.1 Å². The van der Waals surface area contributed by atoms with Gasteiger partial charge in [0.05, 0.1) is 30.4 Å². The minimum Gasteiger partial charge on any atom is -0.370 e. The number of nitrogens with zero attached hydrogens (tertiary/aromatic N) is 4. The molecule has 4 rings (SSSR count). The summed E-state index contributed by atoms with van der Waals surface area (Å²) in [7, 11) is 0. The molecule has 26 heavy (non-hydrogen) atoms. The van der Waals surface area contributed by atoms with Crippen LogP contribution in [0.4, 0.5) is 10.1 Å². The summed E-state index contributed by atoms with van der Waals surface area (Å²) in [6.07, 6.45) is -0.984. The van der Waals surface area contributed by atoms with Gasteiger partial charge < -0.3 is 15.1 Å². The number of nitriles is 2. The first kappa shape index (κ1) is 16.8. The van der Waals surface area contributed by atoms with E-state index in [1.54, 1.807) is 0 Å². The fourth-order valence-electron chi connectivity index (χ4n) is 4.36. The molecular formula is C19H20FN5O. The molecule has 0 spiro atoms. The van der Waals surface area contributed by atoms with Crippen LogP contribution < -0.4 is 10.2 Å². The molecule has 2 heterocycles. The molecule has 5 atom stereocenters. The number of fused-ring (bicyclic) bond motifs is 1. The molecule has 1 N–H and O–H groups in total. The zero-order chi connectivity index (χ0) is 18.3. The monoisotopic (exact) mass is 353 g/mol. The van der Waals surface area contributed by atoms with Gasteiger partial charge in [0.15, 0.2) is 0 Å². The predicted octanol–water partition coefficient (Wildman–Crippen LogP) is 1.05. The molecule has 3 aliphatic rings. The Bertz CT molecular complexity index is 788. The Hall–Kier alpha value is -2.64. The molecular weight excluding hydrogens is 333 g/mol. The fraction of sp³-hybridized carbons (Fsp3) is 0.526. The van der Waals surface area contributed by atoms with Gasteiger partial charge in [0.25, 0.3) is 0 Å². The number of halogens is 1. The average molecular weight is 353 g/mol. The lowest BCUT2D eigenvalue weighted by molar-refractivity contribution is -0.130. The van der Waals surface area contributed by atoms with Crippen LogP contribution in [0, 0.1) is 34.5 Å². The lowest BCUT2D eigenvalue weighted by atomic mass is 10.1. The first-order valence-electron chi connectivity index (χ1n) is 8.93. The van der Waals surface area contributed by atoms with E-state index in [4.69, 9.17) is 5.26 Å². The van der Waals surface area contributed by atoms with Crippen molar-refractivity contribution < 1.29 is 9.18 Å². The third-order valence-corrected chi connectivity index (χ3v) is 5.77. The molecule has 7 heteroatoms. The van der Waals surface area contributed by atoms with Gasteiger partial charge in [0, 0.05) is 25.6 Å². The van der Waals surface area contributed by atoms with Crippen LogP contribution in [0.3, 0.4) is 0 Å². The number of hydrogen-bond donors (Lipinski definition) is 1. The molecule has 1 unspecified atom stereocenters. The summed E-state index contributed by atoms with van der Waals surface area (Å²) in [4.78, 5) is 15.9. The van der Waals surface area contributed by atoms with E-state index >= 15 is 0 Å².